The summed E-state index contributed by atoms with van der Waals surface area (Å²) in [4.78, 5) is 29.8. The van der Waals surface area contributed by atoms with Gasteiger partial charge < -0.3 is 19.8 Å². The Morgan fingerprint density at radius 2 is 1.90 bits per heavy atom. The summed E-state index contributed by atoms with van der Waals surface area (Å²) in [5.74, 6) is 0.172. The Morgan fingerprint density at radius 3 is 2.57 bits per heavy atom. The second kappa shape index (κ2) is 9.91. The van der Waals surface area contributed by atoms with Crippen LogP contribution in [0.4, 0.5) is 0 Å². The highest BCUT2D eigenvalue weighted by atomic mass is 16.5. The Hall–Kier alpha value is -3.35. The van der Waals surface area contributed by atoms with Gasteiger partial charge in [-0.2, -0.15) is 0 Å². The van der Waals surface area contributed by atoms with E-state index < -0.39 is 6.04 Å². The van der Waals surface area contributed by atoms with Crippen LogP contribution < -0.4 is 15.4 Å². The minimum absolute atomic E-state index is 0.0492. The second-order valence-corrected chi connectivity index (χ2v) is 7.39. The van der Waals surface area contributed by atoms with Crippen molar-refractivity contribution in [2.75, 3.05) is 13.2 Å². The number of rotatable bonds is 9. The summed E-state index contributed by atoms with van der Waals surface area (Å²) in [6, 6.07) is 12.1. The molecule has 158 valence electrons. The Bertz CT molecular complexity index is 962. The van der Waals surface area contributed by atoms with Crippen molar-refractivity contribution >= 4 is 17.5 Å². The number of amides is 2. The first-order valence-corrected chi connectivity index (χ1v) is 10.2. The van der Waals surface area contributed by atoms with Crippen molar-refractivity contribution in [3.8, 4) is 5.75 Å². The minimum atomic E-state index is -0.620. The zero-order chi connectivity index (χ0) is 21.5. The number of pyridine rings is 1. The van der Waals surface area contributed by atoms with Crippen molar-refractivity contribution in [3.05, 3.63) is 66.1 Å². The Labute approximate surface area is 176 Å². The molecule has 1 atom stereocenters. The first kappa shape index (κ1) is 21.4. The van der Waals surface area contributed by atoms with E-state index in [1.165, 1.54) is 0 Å². The lowest BCUT2D eigenvalue weighted by Crippen LogP contribution is -2.50. The van der Waals surface area contributed by atoms with Gasteiger partial charge >= 0.3 is 0 Å². The molecule has 0 aliphatic rings. The first-order chi connectivity index (χ1) is 14.5. The average molecular weight is 409 g/mol. The molecule has 1 aromatic carbocycles. The quantitative estimate of drug-likeness (QED) is 0.570. The summed E-state index contributed by atoms with van der Waals surface area (Å²) in [5, 5.41) is 5.76. The normalized spacial score (nSPS) is 12.0. The zero-order valence-corrected chi connectivity index (χ0v) is 17.6. The molecule has 0 aliphatic heterocycles. The van der Waals surface area contributed by atoms with Gasteiger partial charge in [-0.1, -0.05) is 19.9 Å². The highest BCUT2D eigenvalue weighted by Gasteiger charge is 2.24. The Balaban J connectivity index is 1.55. The molecule has 0 aliphatic carbocycles. The van der Waals surface area contributed by atoms with Crippen LogP contribution in [0.2, 0.25) is 0 Å². The standard InChI is InChI=1S/C23H28N4O3/c1-4-30-19-10-8-17(9-11-19)22(28)26-21(16(2)3)23(29)24-13-12-18-15-27-14-6-5-7-20(27)25-18/h5-11,14-16,21H,4,12-13H2,1-3H3,(H,24,29)(H,26,28)/t21-/m0/s1. The topological polar surface area (TPSA) is 84.7 Å². The van der Waals surface area contributed by atoms with Crippen LogP contribution in [-0.4, -0.2) is 40.4 Å². The lowest BCUT2D eigenvalue weighted by molar-refractivity contribution is -0.123. The predicted octanol–water partition coefficient (Wildman–Crippen LogP) is 2.85. The molecule has 7 heteroatoms. The van der Waals surface area contributed by atoms with Crippen LogP contribution in [0.1, 0.15) is 36.8 Å². The number of nitrogens with zero attached hydrogens (tertiary/aromatic N) is 2. The summed E-state index contributed by atoms with van der Waals surface area (Å²) in [6.07, 6.45) is 4.51. The minimum Gasteiger partial charge on any atom is -0.494 e. The van der Waals surface area contributed by atoms with Gasteiger partial charge in [-0.15, -0.1) is 0 Å². The largest absolute Gasteiger partial charge is 0.494 e. The SMILES string of the molecule is CCOc1ccc(C(=O)N[C@H](C(=O)NCCc2cn3ccccc3n2)C(C)C)cc1. The number of carbonyl (C=O) groups is 2. The van der Waals surface area contributed by atoms with Crippen molar-refractivity contribution in [1.82, 2.24) is 20.0 Å². The van der Waals surface area contributed by atoms with E-state index in [1.54, 1.807) is 24.3 Å². The molecule has 0 unspecified atom stereocenters. The van der Waals surface area contributed by atoms with Crippen LogP contribution in [-0.2, 0) is 11.2 Å². The fourth-order valence-corrected chi connectivity index (χ4v) is 3.16. The summed E-state index contributed by atoms with van der Waals surface area (Å²) in [5.41, 5.74) is 2.27. The monoisotopic (exact) mass is 408 g/mol. The molecule has 7 nitrogen and oxygen atoms in total. The molecule has 0 fully saturated rings. The molecule has 30 heavy (non-hydrogen) atoms. The van der Waals surface area contributed by atoms with Crippen LogP contribution in [0, 0.1) is 5.92 Å². The molecule has 0 saturated heterocycles. The molecule has 2 amide bonds. The lowest BCUT2D eigenvalue weighted by Gasteiger charge is -2.21. The van der Waals surface area contributed by atoms with Gasteiger partial charge in [0, 0.05) is 30.9 Å². The Morgan fingerprint density at radius 1 is 1.13 bits per heavy atom. The molecule has 3 aromatic rings. The van der Waals surface area contributed by atoms with Gasteiger partial charge in [0.1, 0.15) is 17.4 Å². The van der Waals surface area contributed by atoms with Gasteiger partial charge in [0.15, 0.2) is 0 Å². The number of ether oxygens (including phenoxy) is 1. The first-order valence-electron chi connectivity index (χ1n) is 10.2. The number of fused-ring (bicyclic) bond motifs is 1. The molecule has 0 radical (unpaired) electrons. The van der Waals surface area contributed by atoms with E-state index in [0.29, 0.717) is 30.9 Å². The maximum absolute atomic E-state index is 12.7. The van der Waals surface area contributed by atoms with Gasteiger partial charge in [-0.25, -0.2) is 4.98 Å². The third-order valence-electron chi connectivity index (χ3n) is 4.76. The number of carbonyl (C=O) groups excluding carboxylic acids is 2. The highest BCUT2D eigenvalue weighted by molar-refractivity contribution is 5.97. The summed E-state index contributed by atoms with van der Waals surface area (Å²) >= 11 is 0. The van der Waals surface area contributed by atoms with Crippen LogP contribution >= 0.6 is 0 Å². The maximum Gasteiger partial charge on any atom is 0.251 e. The summed E-state index contributed by atoms with van der Waals surface area (Å²) in [7, 11) is 0. The van der Waals surface area contributed by atoms with E-state index in [9.17, 15) is 9.59 Å². The number of imidazole rings is 1. The second-order valence-electron chi connectivity index (χ2n) is 7.39. The van der Waals surface area contributed by atoms with E-state index in [0.717, 1.165) is 11.3 Å². The third-order valence-corrected chi connectivity index (χ3v) is 4.76. The van der Waals surface area contributed by atoms with Gasteiger partial charge in [0.2, 0.25) is 5.91 Å². The summed E-state index contributed by atoms with van der Waals surface area (Å²) < 4.78 is 7.35. The molecule has 2 N–H and O–H groups in total. The molecule has 2 aromatic heterocycles. The van der Waals surface area contributed by atoms with E-state index in [-0.39, 0.29) is 17.7 Å². The van der Waals surface area contributed by atoms with E-state index in [4.69, 9.17) is 4.74 Å². The van der Waals surface area contributed by atoms with Crippen LogP contribution in [0.25, 0.3) is 5.65 Å². The molecular formula is C23H28N4O3. The van der Waals surface area contributed by atoms with E-state index in [2.05, 4.69) is 15.6 Å². The van der Waals surface area contributed by atoms with Crippen LogP contribution in [0.15, 0.2) is 54.9 Å². The van der Waals surface area contributed by atoms with Crippen LogP contribution in [0.3, 0.4) is 0 Å². The number of aromatic nitrogens is 2. The van der Waals surface area contributed by atoms with Gasteiger partial charge in [0.05, 0.1) is 12.3 Å². The van der Waals surface area contributed by atoms with E-state index in [1.807, 2.05) is 55.8 Å². The van der Waals surface area contributed by atoms with Gasteiger partial charge in [-0.3, -0.25) is 9.59 Å². The third kappa shape index (κ3) is 5.37. The average Bonchev–Trinajstić information content (AvgIpc) is 3.15. The molecule has 0 saturated carbocycles. The summed E-state index contributed by atoms with van der Waals surface area (Å²) in [6.45, 7) is 6.73. The number of nitrogens with one attached hydrogen (secondary N) is 2. The molecule has 2 heterocycles. The van der Waals surface area contributed by atoms with Crippen molar-refractivity contribution < 1.29 is 14.3 Å². The number of hydrogen-bond acceptors (Lipinski definition) is 4. The van der Waals surface area contributed by atoms with Crippen molar-refractivity contribution in [2.24, 2.45) is 5.92 Å². The van der Waals surface area contributed by atoms with Gasteiger partial charge in [-0.05, 0) is 49.2 Å². The molecule has 0 bridgehead atoms. The predicted molar refractivity (Wildman–Crippen MR) is 116 cm³/mol. The van der Waals surface area contributed by atoms with Crippen molar-refractivity contribution in [2.45, 2.75) is 33.2 Å². The van der Waals surface area contributed by atoms with Gasteiger partial charge in [0.25, 0.3) is 5.91 Å². The molecule has 3 rings (SSSR count). The fraction of sp³-hybridized carbons (Fsp3) is 0.348. The Kier molecular flexibility index (Phi) is 7.06. The maximum atomic E-state index is 12.7. The lowest BCUT2D eigenvalue weighted by atomic mass is 10.0. The molecule has 0 spiro atoms. The van der Waals surface area contributed by atoms with Crippen molar-refractivity contribution in [1.29, 1.82) is 0 Å². The number of benzene rings is 1. The van der Waals surface area contributed by atoms with Crippen molar-refractivity contribution in [3.63, 3.8) is 0 Å². The smallest absolute Gasteiger partial charge is 0.251 e. The fourth-order valence-electron chi connectivity index (χ4n) is 3.16. The van der Waals surface area contributed by atoms with E-state index >= 15 is 0 Å². The number of hydrogen-bond donors (Lipinski definition) is 2. The highest BCUT2D eigenvalue weighted by Crippen LogP contribution is 2.13. The zero-order valence-electron chi connectivity index (χ0n) is 17.6. The molecular weight excluding hydrogens is 380 g/mol. The van der Waals surface area contributed by atoms with Crippen LogP contribution in [0.5, 0.6) is 5.75 Å².